The van der Waals surface area contributed by atoms with Gasteiger partial charge in [0.15, 0.2) is 0 Å². The molecule has 17 heavy (non-hydrogen) atoms. The third-order valence-corrected chi connectivity index (χ3v) is 3.09. The Bertz CT molecular complexity index is 428. The SMILES string of the molecule is CC(C)(NC(=O)c1csc(CCN)n1)C(N)=O. The Balaban J connectivity index is 2.73. The molecule has 0 atom stereocenters. The number of nitrogens with zero attached hydrogens (tertiary/aromatic N) is 1. The van der Waals surface area contributed by atoms with E-state index < -0.39 is 17.4 Å². The molecule has 0 radical (unpaired) electrons. The topological polar surface area (TPSA) is 111 Å². The van der Waals surface area contributed by atoms with E-state index in [1.807, 2.05) is 0 Å². The van der Waals surface area contributed by atoms with Gasteiger partial charge in [-0.3, -0.25) is 9.59 Å². The lowest BCUT2D eigenvalue weighted by molar-refractivity contribution is -0.122. The summed E-state index contributed by atoms with van der Waals surface area (Å²) in [4.78, 5) is 27.0. The van der Waals surface area contributed by atoms with E-state index in [0.717, 1.165) is 5.01 Å². The maximum absolute atomic E-state index is 11.8. The summed E-state index contributed by atoms with van der Waals surface area (Å²) < 4.78 is 0. The Morgan fingerprint density at radius 3 is 2.71 bits per heavy atom. The molecular weight excluding hydrogens is 240 g/mol. The average Bonchev–Trinajstić information content (AvgIpc) is 2.66. The number of aromatic nitrogens is 1. The zero-order valence-corrected chi connectivity index (χ0v) is 10.6. The molecule has 0 saturated carbocycles. The Morgan fingerprint density at radius 1 is 1.53 bits per heavy atom. The Morgan fingerprint density at radius 2 is 2.18 bits per heavy atom. The van der Waals surface area contributed by atoms with Gasteiger partial charge in [-0.1, -0.05) is 0 Å². The van der Waals surface area contributed by atoms with Crippen LogP contribution in [0, 0.1) is 0 Å². The molecule has 0 aliphatic carbocycles. The van der Waals surface area contributed by atoms with E-state index in [1.54, 1.807) is 19.2 Å². The van der Waals surface area contributed by atoms with Gasteiger partial charge in [0.05, 0.1) is 5.01 Å². The minimum Gasteiger partial charge on any atom is -0.368 e. The predicted octanol–water partition coefficient (Wildman–Crippen LogP) is -0.362. The van der Waals surface area contributed by atoms with E-state index in [-0.39, 0.29) is 5.69 Å². The second kappa shape index (κ2) is 5.24. The molecule has 0 bridgehead atoms. The van der Waals surface area contributed by atoms with Crippen molar-refractivity contribution in [2.75, 3.05) is 6.54 Å². The first-order valence-electron chi connectivity index (χ1n) is 5.13. The molecule has 5 N–H and O–H groups in total. The van der Waals surface area contributed by atoms with Gasteiger partial charge in [-0.2, -0.15) is 0 Å². The molecule has 0 fully saturated rings. The molecule has 6 nitrogen and oxygen atoms in total. The highest BCUT2D eigenvalue weighted by Crippen LogP contribution is 2.11. The number of nitrogens with two attached hydrogens (primary N) is 2. The first-order valence-corrected chi connectivity index (χ1v) is 6.01. The molecule has 7 heteroatoms. The zero-order valence-electron chi connectivity index (χ0n) is 9.82. The highest BCUT2D eigenvalue weighted by molar-refractivity contribution is 7.09. The van der Waals surface area contributed by atoms with Crippen molar-refractivity contribution in [2.24, 2.45) is 11.5 Å². The van der Waals surface area contributed by atoms with Gasteiger partial charge in [0, 0.05) is 11.8 Å². The summed E-state index contributed by atoms with van der Waals surface area (Å²) in [7, 11) is 0. The van der Waals surface area contributed by atoms with Crippen LogP contribution < -0.4 is 16.8 Å². The quantitative estimate of drug-likeness (QED) is 0.667. The van der Waals surface area contributed by atoms with Crippen LogP contribution in [0.1, 0.15) is 29.3 Å². The lowest BCUT2D eigenvalue weighted by Gasteiger charge is -2.21. The summed E-state index contributed by atoms with van der Waals surface area (Å²) in [6.45, 7) is 3.57. The first-order chi connectivity index (χ1) is 7.86. The summed E-state index contributed by atoms with van der Waals surface area (Å²) in [5, 5.41) is 4.96. The number of rotatable bonds is 5. The lowest BCUT2D eigenvalue weighted by Crippen LogP contribution is -2.53. The fraction of sp³-hybridized carbons (Fsp3) is 0.500. The maximum atomic E-state index is 11.8. The second-order valence-corrected chi connectivity index (χ2v) is 5.05. The summed E-state index contributed by atoms with van der Waals surface area (Å²) in [6, 6.07) is 0. The standard InChI is InChI=1S/C10H16N4O2S/c1-10(2,9(12)16)14-8(15)6-5-17-7(13-6)3-4-11/h5H,3-4,11H2,1-2H3,(H2,12,16)(H,14,15). The largest absolute Gasteiger partial charge is 0.368 e. The van der Waals surface area contributed by atoms with Crippen molar-refractivity contribution in [1.29, 1.82) is 0 Å². The zero-order chi connectivity index (χ0) is 13.1. The molecule has 0 saturated heterocycles. The minimum absolute atomic E-state index is 0.285. The second-order valence-electron chi connectivity index (χ2n) is 4.11. The fourth-order valence-electron chi connectivity index (χ4n) is 1.06. The van der Waals surface area contributed by atoms with Gasteiger partial charge in [0.25, 0.3) is 5.91 Å². The average molecular weight is 256 g/mol. The van der Waals surface area contributed by atoms with Crippen molar-refractivity contribution < 1.29 is 9.59 Å². The number of carbonyl (C=O) groups excluding carboxylic acids is 2. The van der Waals surface area contributed by atoms with Crippen LogP contribution in [-0.2, 0) is 11.2 Å². The van der Waals surface area contributed by atoms with Crippen molar-refractivity contribution in [3.05, 3.63) is 16.1 Å². The number of carbonyl (C=O) groups is 2. The Labute approximate surface area is 103 Å². The van der Waals surface area contributed by atoms with Crippen molar-refractivity contribution in [3.63, 3.8) is 0 Å². The first kappa shape index (κ1) is 13.6. The number of amides is 2. The van der Waals surface area contributed by atoms with Gasteiger partial charge in [0.1, 0.15) is 11.2 Å². The van der Waals surface area contributed by atoms with Crippen LogP contribution in [0.3, 0.4) is 0 Å². The third-order valence-electron chi connectivity index (χ3n) is 2.18. The van der Waals surface area contributed by atoms with Gasteiger partial charge in [-0.15, -0.1) is 11.3 Å². The van der Waals surface area contributed by atoms with Gasteiger partial charge in [-0.05, 0) is 20.4 Å². The number of hydrogen-bond acceptors (Lipinski definition) is 5. The lowest BCUT2D eigenvalue weighted by atomic mass is 10.1. The van der Waals surface area contributed by atoms with Gasteiger partial charge >= 0.3 is 0 Å². The summed E-state index contributed by atoms with van der Waals surface area (Å²) in [5.41, 5.74) is 9.75. The van der Waals surface area contributed by atoms with Crippen LogP contribution in [0.5, 0.6) is 0 Å². The van der Waals surface area contributed by atoms with E-state index in [0.29, 0.717) is 13.0 Å². The van der Waals surface area contributed by atoms with Crippen LogP contribution >= 0.6 is 11.3 Å². The van der Waals surface area contributed by atoms with Crippen LogP contribution in [0.15, 0.2) is 5.38 Å². The fourth-order valence-corrected chi connectivity index (χ4v) is 1.86. The maximum Gasteiger partial charge on any atom is 0.271 e. The molecule has 1 heterocycles. The van der Waals surface area contributed by atoms with E-state index in [4.69, 9.17) is 11.5 Å². The van der Waals surface area contributed by atoms with E-state index >= 15 is 0 Å². The van der Waals surface area contributed by atoms with E-state index in [2.05, 4.69) is 10.3 Å². The molecule has 0 aliphatic heterocycles. The molecule has 0 unspecified atom stereocenters. The number of primary amides is 1. The highest BCUT2D eigenvalue weighted by atomic mass is 32.1. The van der Waals surface area contributed by atoms with Gasteiger partial charge in [-0.25, -0.2) is 4.98 Å². The molecule has 2 amide bonds. The molecule has 0 aliphatic rings. The Kier molecular flexibility index (Phi) is 4.19. The van der Waals surface area contributed by atoms with Crippen LogP contribution in [0.4, 0.5) is 0 Å². The van der Waals surface area contributed by atoms with Gasteiger partial charge < -0.3 is 16.8 Å². The van der Waals surface area contributed by atoms with Crippen LogP contribution in [0.2, 0.25) is 0 Å². The molecule has 1 rings (SSSR count). The summed E-state index contributed by atoms with van der Waals surface area (Å²) >= 11 is 1.37. The minimum atomic E-state index is -1.09. The van der Waals surface area contributed by atoms with E-state index in [1.165, 1.54) is 11.3 Å². The summed E-state index contributed by atoms with van der Waals surface area (Å²) in [6.07, 6.45) is 0.636. The molecule has 1 aromatic heterocycles. The van der Waals surface area contributed by atoms with Crippen molar-refractivity contribution in [2.45, 2.75) is 25.8 Å². The Hall–Kier alpha value is -1.47. The van der Waals surface area contributed by atoms with Crippen LogP contribution in [0.25, 0.3) is 0 Å². The van der Waals surface area contributed by atoms with Crippen molar-refractivity contribution >= 4 is 23.2 Å². The number of nitrogens with one attached hydrogen (secondary N) is 1. The highest BCUT2D eigenvalue weighted by Gasteiger charge is 2.28. The van der Waals surface area contributed by atoms with Crippen molar-refractivity contribution in [3.8, 4) is 0 Å². The molecule has 0 spiro atoms. The monoisotopic (exact) mass is 256 g/mol. The third kappa shape index (κ3) is 3.50. The predicted molar refractivity (Wildman–Crippen MR) is 65.6 cm³/mol. The number of thiazole rings is 1. The molecule has 1 aromatic rings. The molecular formula is C10H16N4O2S. The van der Waals surface area contributed by atoms with E-state index in [9.17, 15) is 9.59 Å². The molecule has 94 valence electrons. The van der Waals surface area contributed by atoms with Gasteiger partial charge in [0.2, 0.25) is 5.91 Å². The normalized spacial score (nSPS) is 11.2. The smallest absolute Gasteiger partial charge is 0.271 e. The molecule has 0 aromatic carbocycles. The van der Waals surface area contributed by atoms with Crippen molar-refractivity contribution in [1.82, 2.24) is 10.3 Å². The van der Waals surface area contributed by atoms with Crippen LogP contribution in [-0.4, -0.2) is 28.9 Å². The summed E-state index contributed by atoms with van der Waals surface area (Å²) in [5.74, 6) is -1.00. The number of hydrogen-bond donors (Lipinski definition) is 3.